The van der Waals surface area contributed by atoms with Crippen molar-refractivity contribution in [1.29, 1.82) is 0 Å². The molecule has 0 bridgehead atoms. The van der Waals surface area contributed by atoms with E-state index in [-0.39, 0.29) is 46.8 Å². The zero-order chi connectivity index (χ0) is 33.3. The molecule has 7 N–H and O–H groups in total. The molecular weight excluding hydrogens is 608 g/mol. The molecule has 1 heterocycles. The van der Waals surface area contributed by atoms with Crippen molar-refractivity contribution >= 4 is 10.4 Å². The first-order valence-electron chi connectivity index (χ1n) is 16.6. The maximum absolute atomic E-state index is 12.5. The third-order valence-electron chi connectivity index (χ3n) is 12.6. The van der Waals surface area contributed by atoms with Gasteiger partial charge in [0.15, 0.2) is 6.29 Å². The molecule has 13 heteroatoms. The van der Waals surface area contributed by atoms with E-state index in [0.29, 0.717) is 19.3 Å². The van der Waals surface area contributed by atoms with Gasteiger partial charge in [0.05, 0.1) is 36.6 Å². The summed E-state index contributed by atoms with van der Waals surface area (Å²) >= 11 is 0. The van der Waals surface area contributed by atoms with E-state index >= 15 is 0 Å². The van der Waals surface area contributed by atoms with Crippen molar-refractivity contribution in [3.05, 3.63) is 12.2 Å². The third kappa shape index (κ3) is 6.41. The number of hydrogen-bond acceptors (Lipinski definition) is 11. The second-order valence-electron chi connectivity index (χ2n) is 15.6. The van der Waals surface area contributed by atoms with Crippen LogP contribution in [0.15, 0.2) is 12.2 Å². The van der Waals surface area contributed by atoms with Crippen molar-refractivity contribution in [1.82, 2.24) is 0 Å². The molecule has 4 aliphatic carbocycles. The van der Waals surface area contributed by atoms with Gasteiger partial charge in [-0.05, 0) is 78.9 Å². The summed E-state index contributed by atoms with van der Waals surface area (Å²) in [5, 5.41) is 66.7. The monoisotopic (exact) mass is 662 g/mol. The van der Waals surface area contributed by atoms with Crippen molar-refractivity contribution < 1.29 is 57.3 Å². The summed E-state index contributed by atoms with van der Waals surface area (Å²) in [6.07, 6.45) is -0.319. The molecule has 0 radical (unpaired) electrons. The lowest BCUT2D eigenvalue weighted by atomic mass is 9.42. The van der Waals surface area contributed by atoms with Crippen molar-refractivity contribution in [3.63, 3.8) is 0 Å². The Bertz CT molecular complexity index is 1200. The Labute approximate surface area is 266 Å². The minimum Gasteiger partial charge on any atom is -0.393 e. The van der Waals surface area contributed by atoms with E-state index in [1.165, 1.54) is 0 Å². The maximum Gasteiger partial charge on any atom is 0.397 e. The zero-order valence-electron chi connectivity index (χ0n) is 27.0. The van der Waals surface area contributed by atoms with Crippen LogP contribution in [0.4, 0.5) is 0 Å². The van der Waals surface area contributed by atoms with Gasteiger partial charge in [-0.15, -0.1) is 0 Å². The average molecular weight is 663 g/mol. The van der Waals surface area contributed by atoms with Crippen LogP contribution in [0, 0.1) is 46.3 Å². The van der Waals surface area contributed by atoms with Crippen LogP contribution in [0.3, 0.4) is 0 Å². The van der Waals surface area contributed by atoms with Crippen LogP contribution in [-0.4, -0.2) is 105 Å². The minimum absolute atomic E-state index is 0.0170. The van der Waals surface area contributed by atoms with Crippen molar-refractivity contribution in [2.45, 2.75) is 134 Å². The SMILES string of the molecule is CC(C)C(/C=C/[C@@H](C)[C@H]1CC(O)C2C3(O)C[C@H](O)[C@H]4C[C@@H](O)CC[C@]4(C)C3CC[C@@]21C)O[C@@H]1OC[C@@H](OS(=O)(=O)O)[C@H](O)[C@H]1O. The van der Waals surface area contributed by atoms with Crippen molar-refractivity contribution in [3.8, 4) is 0 Å². The Morgan fingerprint density at radius 2 is 1.58 bits per heavy atom. The van der Waals surface area contributed by atoms with Gasteiger partial charge in [-0.3, -0.25) is 4.55 Å². The number of allylic oxidation sites excluding steroid dienone is 1. The van der Waals surface area contributed by atoms with E-state index in [0.717, 1.165) is 19.3 Å². The van der Waals surface area contributed by atoms with Gasteiger partial charge in [0.1, 0.15) is 18.3 Å². The molecule has 12 nitrogen and oxygen atoms in total. The van der Waals surface area contributed by atoms with Gasteiger partial charge in [-0.2, -0.15) is 8.42 Å². The van der Waals surface area contributed by atoms with E-state index in [1.807, 2.05) is 26.0 Å². The number of rotatable bonds is 8. The van der Waals surface area contributed by atoms with Crippen LogP contribution < -0.4 is 0 Å². The highest BCUT2D eigenvalue weighted by Crippen LogP contribution is 2.69. The Morgan fingerprint density at radius 3 is 2.22 bits per heavy atom. The second kappa shape index (κ2) is 12.6. The molecule has 0 aromatic rings. The molecule has 5 fully saturated rings. The summed E-state index contributed by atoms with van der Waals surface area (Å²) in [5.74, 6) is -0.578. The molecule has 16 atom stereocenters. The lowest BCUT2D eigenvalue weighted by Crippen LogP contribution is -2.68. The summed E-state index contributed by atoms with van der Waals surface area (Å²) in [6.45, 7) is 9.83. The van der Waals surface area contributed by atoms with Crippen LogP contribution in [0.2, 0.25) is 0 Å². The first-order valence-corrected chi connectivity index (χ1v) is 17.9. The van der Waals surface area contributed by atoms with Gasteiger partial charge in [-0.25, -0.2) is 4.18 Å². The molecule has 1 saturated heterocycles. The predicted molar refractivity (Wildman–Crippen MR) is 162 cm³/mol. The van der Waals surface area contributed by atoms with Gasteiger partial charge in [0.25, 0.3) is 0 Å². The number of ether oxygens (including phenoxy) is 2. The fraction of sp³-hybridized carbons (Fsp3) is 0.938. The Kier molecular flexibility index (Phi) is 9.99. The molecule has 260 valence electrons. The van der Waals surface area contributed by atoms with E-state index in [4.69, 9.17) is 14.0 Å². The number of aliphatic hydroxyl groups is 6. The van der Waals surface area contributed by atoms with Gasteiger partial charge in [0, 0.05) is 12.3 Å². The van der Waals surface area contributed by atoms with E-state index in [9.17, 15) is 39.1 Å². The summed E-state index contributed by atoms with van der Waals surface area (Å²) in [4.78, 5) is 0. The van der Waals surface area contributed by atoms with Gasteiger partial charge in [0.2, 0.25) is 0 Å². The lowest BCUT2D eigenvalue weighted by Gasteiger charge is -2.66. The van der Waals surface area contributed by atoms with E-state index in [1.54, 1.807) is 0 Å². The van der Waals surface area contributed by atoms with Gasteiger partial charge < -0.3 is 40.1 Å². The molecule has 45 heavy (non-hydrogen) atoms. The molecule has 5 rings (SSSR count). The molecule has 4 saturated carbocycles. The van der Waals surface area contributed by atoms with Crippen LogP contribution in [0.25, 0.3) is 0 Å². The quantitative estimate of drug-likeness (QED) is 0.146. The summed E-state index contributed by atoms with van der Waals surface area (Å²) in [7, 11) is -4.86. The molecule has 0 aromatic carbocycles. The number of aliphatic hydroxyl groups excluding tert-OH is 5. The summed E-state index contributed by atoms with van der Waals surface area (Å²) in [5.41, 5.74) is -1.90. The first-order chi connectivity index (χ1) is 20.8. The van der Waals surface area contributed by atoms with Crippen molar-refractivity contribution in [2.24, 2.45) is 46.3 Å². The summed E-state index contributed by atoms with van der Waals surface area (Å²) < 4.78 is 47.0. The standard InChI is InChI=1S/C32H54O12S/c1-16(2)23(43-29-27(37)26(36)24(15-42-29)44-45(39,40)41)7-6-17(3)19-13-21(34)28-31(19,5)11-9-25-30(4)10-8-18(33)12-20(30)22(35)14-32(25,28)38/h6-7,16-29,33-38H,8-15H2,1-5H3,(H,39,40,41)/b7-6+/t17-,18+,19-,20-,21?,22+,23?,24-,25?,26+,27-,28?,29+,30+,31-,32?/m1/s1. The van der Waals surface area contributed by atoms with Crippen LogP contribution in [0.5, 0.6) is 0 Å². The van der Waals surface area contributed by atoms with E-state index < -0.39 is 77.5 Å². The largest absolute Gasteiger partial charge is 0.397 e. The Balaban J connectivity index is 1.30. The Hall–Kier alpha value is -0.710. The molecule has 0 spiro atoms. The maximum atomic E-state index is 12.5. The molecule has 1 aliphatic heterocycles. The van der Waals surface area contributed by atoms with Gasteiger partial charge >= 0.3 is 10.4 Å². The fourth-order valence-electron chi connectivity index (χ4n) is 10.5. The zero-order valence-corrected chi connectivity index (χ0v) is 27.8. The number of fused-ring (bicyclic) bond motifs is 5. The Morgan fingerprint density at radius 1 is 0.911 bits per heavy atom. The van der Waals surface area contributed by atoms with Crippen LogP contribution in [-0.2, 0) is 24.1 Å². The molecule has 0 amide bonds. The topological polar surface area (TPSA) is 203 Å². The molecule has 5 aliphatic rings. The van der Waals surface area contributed by atoms with Crippen LogP contribution >= 0.6 is 0 Å². The highest BCUT2D eigenvalue weighted by molar-refractivity contribution is 7.80. The second-order valence-corrected chi connectivity index (χ2v) is 16.7. The molecule has 5 unspecified atom stereocenters. The van der Waals surface area contributed by atoms with Crippen molar-refractivity contribution in [2.75, 3.05) is 6.61 Å². The minimum atomic E-state index is -4.86. The smallest absolute Gasteiger partial charge is 0.393 e. The lowest BCUT2D eigenvalue weighted by molar-refractivity contribution is -0.277. The first kappa shape index (κ1) is 35.6. The predicted octanol–water partition coefficient (Wildman–Crippen LogP) is 1.56. The molecular formula is C32H54O12S. The normalized spacial score (nSPS) is 50.2. The third-order valence-corrected chi connectivity index (χ3v) is 13.1. The average Bonchev–Trinajstić information content (AvgIpc) is 3.21. The van der Waals surface area contributed by atoms with E-state index in [2.05, 4.69) is 25.0 Å². The highest BCUT2D eigenvalue weighted by atomic mass is 32.3. The fourth-order valence-corrected chi connectivity index (χ4v) is 10.9. The summed E-state index contributed by atoms with van der Waals surface area (Å²) in [6, 6.07) is 0. The van der Waals surface area contributed by atoms with Gasteiger partial charge in [-0.1, -0.05) is 46.8 Å². The number of hydrogen-bond donors (Lipinski definition) is 7. The van der Waals surface area contributed by atoms with Crippen LogP contribution in [0.1, 0.15) is 79.6 Å². The highest BCUT2D eigenvalue weighted by Gasteiger charge is 2.70. The molecule has 0 aromatic heterocycles.